The first kappa shape index (κ1) is 19.7. The zero-order chi connectivity index (χ0) is 21.9. The second-order valence-electron chi connectivity index (χ2n) is 7.87. The van der Waals surface area contributed by atoms with Crippen molar-refractivity contribution in [2.45, 2.75) is 0 Å². The Morgan fingerprint density at radius 3 is 1.28 bits per heavy atom. The molecule has 0 saturated heterocycles. The van der Waals surface area contributed by atoms with Crippen LogP contribution in [0.2, 0.25) is 0 Å². The van der Waals surface area contributed by atoms with Crippen LogP contribution in [0.1, 0.15) is 0 Å². The Hall–Kier alpha value is -4.30. The summed E-state index contributed by atoms with van der Waals surface area (Å²) in [7, 11) is 0. The minimum Gasteiger partial charge on any atom is -0.397 e. The minimum absolute atomic E-state index is 0.607. The normalized spacial score (nSPS) is 10.8. The van der Waals surface area contributed by atoms with Gasteiger partial charge in [0.2, 0.25) is 0 Å². The van der Waals surface area contributed by atoms with Crippen LogP contribution in [0.25, 0.3) is 44.5 Å². The van der Waals surface area contributed by atoms with Gasteiger partial charge < -0.3 is 11.5 Å². The van der Waals surface area contributed by atoms with Crippen molar-refractivity contribution in [3.63, 3.8) is 0 Å². The maximum absolute atomic E-state index is 6.19. The zero-order valence-electron chi connectivity index (χ0n) is 17.7. The van der Waals surface area contributed by atoms with Crippen molar-refractivity contribution in [2.24, 2.45) is 0 Å². The molecule has 0 spiro atoms. The van der Waals surface area contributed by atoms with Gasteiger partial charge >= 0.3 is 0 Å². The van der Waals surface area contributed by atoms with Gasteiger partial charge in [0.05, 0.1) is 11.4 Å². The van der Waals surface area contributed by atoms with Crippen LogP contribution in [0.5, 0.6) is 0 Å². The van der Waals surface area contributed by atoms with Gasteiger partial charge in [0.25, 0.3) is 0 Å². The average Bonchev–Trinajstić information content (AvgIpc) is 2.87. The molecule has 0 saturated carbocycles. The second kappa shape index (κ2) is 8.44. The lowest BCUT2D eigenvalue weighted by Crippen LogP contribution is -1.96. The van der Waals surface area contributed by atoms with E-state index in [9.17, 15) is 0 Å². The van der Waals surface area contributed by atoms with E-state index >= 15 is 0 Å². The van der Waals surface area contributed by atoms with Gasteiger partial charge in [0, 0.05) is 5.56 Å². The van der Waals surface area contributed by atoms with E-state index in [-0.39, 0.29) is 0 Å². The van der Waals surface area contributed by atoms with E-state index in [1.165, 1.54) is 33.4 Å². The number of rotatable bonds is 4. The molecule has 0 heterocycles. The molecule has 0 aliphatic rings. The third kappa shape index (κ3) is 3.75. The van der Waals surface area contributed by atoms with E-state index < -0.39 is 0 Å². The summed E-state index contributed by atoms with van der Waals surface area (Å²) in [5.41, 5.74) is 22.6. The number of hydrogen-bond donors (Lipinski definition) is 2. The van der Waals surface area contributed by atoms with E-state index in [1.54, 1.807) is 0 Å². The molecule has 0 aliphatic heterocycles. The van der Waals surface area contributed by atoms with Gasteiger partial charge in [-0.05, 0) is 45.0 Å². The molecule has 2 heteroatoms. The second-order valence-corrected chi connectivity index (χ2v) is 7.87. The highest BCUT2D eigenvalue weighted by atomic mass is 14.7. The monoisotopic (exact) mass is 412 g/mol. The smallest absolute Gasteiger partial charge is 0.0627 e. The molecule has 0 aliphatic carbocycles. The summed E-state index contributed by atoms with van der Waals surface area (Å²) in [5, 5.41) is 0. The van der Waals surface area contributed by atoms with Crippen LogP contribution in [-0.2, 0) is 0 Å². The molecule has 0 atom stereocenters. The van der Waals surface area contributed by atoms with Crippen molar-refractivity contribution in [2.75, 3.05) is 11.5 Å². The van der Waals surface area contributed by atoms with Crippen LogP contribution in [0.3, 0.4) is 0 Å². The van der Waals surface area contributed by atoms with Crippen molar-refractivity contribution in [3.8, 4) is 44.5 Å². The number of benzene rings is 5. The van der Waals surface area contributed by atoms with Crippen LogP contribution in [0, 0.1) is 0 Å². The highest BCUT2D eigenvalue weighted by Crippen LogP contribution is 2.35. The first-order chi connectivity index (χ1) is 15.7. The number of anilines is 2. The molecule has 0 unspecified atom stereocenters. The average molecular weight is 413 g/mol. The van der Waals surface area contributed by atoms with Crippen LogP contribution in [0.15, 0.2) is 121 Å². The van der Waals surface area contributed by atoms with Crippen LogP contribution in [0.4, 0.5) is 11.4 Å². The molecule has 32 heavy (non-hydrogen) atoms. The van der Waals surface area contributed by atoms with Crippen LogP contribution in [-0.4, -0.2) is 0 Å². The Morgan fingerprint density at radius 2 is 0.719 bits per heavy atom. The molecule has 0 bridgehead atoms. The Bertz CT molecular complexity index is 1350. The topological polar surface area (TPSA) is 52.0 Å². The maximum atomic E-state index is 6.19. The van der Waals surface area contributed by atoms with Gasteiger partial charge in [-0.25, -0.2) is 0 Å². The van der Waals surface area contributed by atoms with Gasteiger partial charge in [-0.3, -0.25) is 0 Å². The largest absolute Gasteiger partial charge is 0.397 e. The summed E-state index contributed by atoms with van der Waals surface area (Å²) >= 11 is 0. The summed E-state index contributed by atoms with van der Waals surface area (Å²) in [6, 6.07) is 42.0. The first-order valence-corrected chi connectivity index (χ1v) is 10.7. The highest BCUT2D eigenvalue weighted by Gasteiger charge is 2.09. The summed E-state index contributed by atoms with van der Waals surface area (Å²) < 4.78 is 0. The van der Waals surface area contributed by atoms with Gasteiger partial charge in [0.1, 0.15) is 0 Å². The van der Waals surface area contributed by atoms with E-state index in [0.717, 1.165) is 11.1 Å². The molecule has 0 radical (unpaired) electrons. The lowest BCUT2D eigenvalue weighted by Gasteiger charge is -2.13. The quantitative estimate of drug-likeness (QED) is 0.300. The zero-order valence-corrected chi connectivity index (χ0v) is 17.7. The Kier molecular flexibility index (Phi) is 5.19. The van der Waals surface area contributed by atoms with E-state index in [4.69, 9.17) is 11.5 Å². The van der Waals surface area contributed by atoms with Gasteiger partial charge in [0.15, 0.2) is 0 Å². The molecular weight excluding hydrogens is 388 g/mol. The first-order valence-electron chi connectivity index (χ1n) is 10.7. The maximum Gasteiger partial charge on any atom is 0.0627 e. The van der Waals surface area contributed by atoms with Crippen molar-refractivity contribution in [3.05, 3.63) is 121 Å². The third-order valence-electron chi connectivity index (χ3n) is 5.88. The summed E-state index contributed by atoms with van der Waals surface area (Å²) in [6.45, 7) is 0. The summed E-state index contributed by atoms with van der Waals surface area (Å²) in [5.74, 6) is 0. The molecule has 154 valence electrons. The number of nitrogens with two attached hydrogens (primary N) is 2. The molecule has 0 aromatic heterocycles. The van der Waals surface area contributed by atoms with Gasteiger partial charge in [-0.15, -0.1) is 0 Å². The fourth-order valence-corrected chi connectivity index (χ4v) is 4.12. The Balaban J connectivity index is 1.49. The van der Waals surface area contributed by atoms with Crippen molar-refractivity contribution < 1.29 is 0 Å². The van der Waals surface area contributed by atoms with Crippen LogP contribution < -0.4 is 11.5 Å². The van der Waals surface area contributed by atoms with Crippen LogP contribution >= 0.6 is 0 Å². The molecule has 2 nitrogen and oxygen atoms in total. The molecule has 5 aromatic rings. The SMILES string of the molecule is Nc1cccc(-c2ccc(-c3ccccc3-c3ccc(-c4ccccc4)cc3)cc2)c1N. The van der Waals surface area contributed by atoms with Crippen molar-refractivity contribution >= 4 is 11.4 Å². The molecule has 0 amide bonds. The lowest BCUT2D eigenvalue weighted by atomic mass is 9.92. The Labute approximate surface area is 188 Å². The summed E-state index contributed by atoms with van der Waals surface area (Å²) in [4.78, 5) is 0. The number of para-hydroxylation sites is 1. The molecule has 4 N–H and O–H groups in total. The van der Waals surface area contributed by atoms with Crippen molar-refractivity contribution in [1.82, 2.24) is 0 Å². The standard InChI is InChI=1S/C30H24N2/c31-29-12-6-11-28(30(29)32)25-19-17-24(18-20-25)27-10-5-4-9-26(27)23-15-13-22(14-16-23)21-7-2-1-3-8-21/h1-20H,31-32H2. The molecule has 5 aromatic carbocycles. The molecule has 0 fully saturated rings. The third-order valence-corrected chi connectivity index (χ3v) is 5.88. The summed E-state index contributed by atoms with van der Waals surface area (Å²) in [6.07, 6.45) is 0. The lowest BCUT2D eigenvalue weighted by molar-refractivity contribution is 1.56. The van der Waals surface area contributed by atoms with Gasteiger partial charge in [-0.1, -0.05) is 115 Å². The number of hydrogen-bond acceptors (Lipinski definition) is 2. The molecule has 5 rings (SSSR count). The number of nitrogen functional groups attached to an aromatic ring is 2. The van der Waals surface area contributed by atoms with E-state index in [2.05, 4.69) is 97.1 Å². The highest BCUT2D eigenvalue weighted by molar-refractivity contribution is 5.87. The van der Waals surface area contributed by atoms with E-state index in [0.29, 0.717) is 11.4 Å². The van der Waals surface area contributed by atoms with Crippen molar-refractivity contribution in [1.29, 1.82) is 0 Å². The predicted molar refractivity (Wildman–Crippen MR) is 137 cm³/mol. The van der Waals surface area contributed by atoms with E-state index in [1.807, 2.05) is 24.3 Å². The fourth-order valence-electron chi connectivity index (χ4n) is 4.12. The Morgan fingerprint density at radius 1 is 0.312 bits per heavy atom. The predicted octanol–water partition coefficient (Wildman–Crippen LogP) is 7.52. The molecular formula is C30H24N2. The minimum atomic E-state index is 0.607. The fraction of sp³-hybridized carbons (Fsp3) is 0. The van der Waals surface area contributed by atoms with Gasteiger partial charge in [-0.2, -0.15) is 0 Å².